The number of amides is 1. The Kier molecular flexibility index (Phi) is 4.32. The molecule has 1 aliphatic heterocycles. The van der Waals surface area contributed by atoms with Crippen molar-refractivity contribution in [2.75, 3.05) is 11.9 Å². The summed E-state index contributed by atoms with van der Waals surface area (Å²) >= 11 is 3.10. The minimum atomic E-state index is -0.639. The molecule has 1 aliphatic rings. The Hall–Kier alpha value is -1.16. The number of anilines is 1. The zero-order valence-electron chi connectivity index (χ0n) is 7.86. The summed E-state index contributed by atoms with van der Waals surface area (Å²) in [6.07, 6.45) is 2.51. The second kappa shape index (κ2) is 5.54. The number of hydrogen-bond acceptors (Lipinski definition) is 2. The van der Waals surface area contributed by atoms with E-state index in [0.29, 0.717) is 0 Å². The average Bonchev–Trinajstić information content (AvgIpc) is 2.17. The number of para-hydroxylation sites is 1. The number of carbonyl (C=O) groups excluding carboxylic acids is 1. The van der Waals surface area contributed by atoms with Crippen LogP contribution in [0.5, 0.6) is 0 Å². The molecule has 0 bridgehead atoms. The van der Waals surface area contributed by atoms with Gasteiger partial charge in [0.15, 0.2) is 0 Å². The van der Waals surface area contributed by atoms with Gasteiger partial charge in [-0.25, -0.2) is 0 Å². The number of hydrogen-bond donors (Lipinski definition) is 3. The standard InChI is InChI=1S/C9H11N.CH3NOS/c1-2-6-9-8(4-1)5-3-7-10-9;2-1(3)4/h1-2,4,6,10H,3,5,7H2;(H3,2,3,4). The monoisotopic (exact) mass is 210 g/mol. The van der Waals surface area contributed by atoms with E-state index in [4.69, 9.17) is 4.79 Å². The van der Waals surface area contributed by atoms with E-state index in [1.54, 1.807) is 0 Å². The lowest BCUT2D eigenvalue weighted by molar-refractivity contribution is 0.267. The molecule has 2 rings (SSSR count). The van der Waals surface area contributed by atoms with Crippen molar-refractivity contribution in [3.05, 3.63) is 29.8 Å². The molecule has 3 nitrogen and oxygen atoms in total. The quantitative estimate of drug-likeness (QED) is 0.574. The summed E-state index contributed by atoms with van der Waals surface area (Å²) in [5.74, 6) is 0. The Labute approximate surface area is 89.1 Å². The molecule has 0 aliphatic carbocycles. The molecule has 0 fully saturated rings. The van der Waals surface area contributed by atoms with Crippen LogP contribution >= 0.6 is 12.6 Å². The fourth-order valence-electron chi connectivity index (χ4n) is 1.41. The number of nitrogens with one attached hydrogen (secondary N) is 1. The molecule has 3 N–H and O–H groups in total. The Morgan fingerprint density at radius 1 is 1.43 bits per heavy atom. The van der Waals surface area contributed by atoms with Crippen molar-refractivity contribution < 1.29 is 4.79 Å². The molecule has 0 radical (unpaired) electrons. The number of rotatable bonds is 0. The fourth-order valence-corrected chi connectivity index (χ4v) is 1.41. The second-order valence-corrected chi connectivity index (χ2v) is 3.47. The lowest BCUT2D eigenvalue weighted by Crippen LogP contribution is -2.10. The van der Waals surface area contributed by atoms with Crippen LogP contribution in [0.3, 0.4) is 0 Å². The van der Waals surface area contributed by atoms with Crippen molar-refractivity contribution in [1.82, 2.24) is 0 Å². The van der Waals surface area contributed by atoms with Gasteiger partial charge in [0, 0.05) is 12.2 Å². The molecule has 0 atom stereocenters. The molecule has 1 aromatic rings. The highest BCUT2D eigenvalue weighted by molar-refractivity contribution is 7.96. The first kappa shape index (κ1) is 10.9. The summed E-state index contributed by atoms with van der Waals surface area (Å²) in [6, 6.07) is 8.53. The predicted molar refractivity (Wildman–Crippen MR) is 61.8 cm³/mol. The maximum Gasteiger partial charge on any atom is 0.273 e. The highest BCUT2D eigenvalue weighted by Crippen LogP contribution is 2.19. The minimum absolute atomic E-state index is 0.639. The van der Waals surface area contributed by atoms with E-state index >= 15 is 0 Å². The van der Waals surface area contributed by atoms with E-state index < -0.39 is 5.24 Å². The van der Waals surface area contributed by atoms with Gasteiger partial charge < -0.3 is 11.1 Å². The largest absolute Gasteiger partial charge is 0.385 e. The summed E-state index contributed by atoms with van der Waals surface area (Å²) < 4.78 is 0. The topological polar surface area (TPSA) is 55.1 Å². The third-order valence-corrected chi connectivity index (χ3v) is 1.96. The molecule has 0 spiro atoms. The van der Waals surface area contributed by atoms with Gasteiger partial charge in [-0.3, -0.25) is 4.79 Å². The van der Waals surface area contributed by atoms with Gasteiger partial charge in [0.1, 0.15) is 0 Å². The zero-order chi connectivity index (χ0) is 10.4. The Morgan fingerprint density at radius 3 is 2.71 bits per heavy atom. The van der Waals surface area contributed by atoms with Crippen LogP contribution in [-0.4, -0.2) is 11.8 Å². The predicted octanol–water partition coefficient (Wildman–Crippen LogP) is 2.04. The number of benzene rings is 1. The first-order chi connectivity index (χ1) is 6.70. The first-order valence-corrected chi connectivity index (χ1v) is 4.95. The van der Waals surface area contributed by atoms with Crippen LogP contribution in [0.1, 0.15) is 12.0 Å². The van der Waals surface area contributed by atoms with E-state index in [-0.39, 0.29) is 0 Å². The van der Waals surface area contributed by atoms with Crippen molar-refractivity contribution in [3.8, 4) is 0 Å². The normalized spacial score (nSPS) is 12.9. The zero-order valence-corrected chi connectivity index (χ0v) is 8.76. The molecule has 0 saturated carbocycles. The molecule has 1 aromatic carbocycles. The number of thiol groups is 1. The summed E-state index contributed by atoms with van der Waals surface area (Å²) in [7, 11) is 0. The summed E-state index contributed by atoms with van der Waals surface area (Å²) in [6.45, 7) is 1.14. The van der Waals surface area contributed by atoms with Gasteiger partial charge in [0.25, 0.3) is 5.24 Å². The van der Waals surface area contributed by atoms with Gasteiger partial charge in [-0.2, -0.15) is 0 Å². The van der Waals surface area contributed by atoms with Crippen LogP contribution in [-0.2, 0) is 6.42 Å². The smallest absolute Gasteiger partial charge is 0.273 e. The Bertz CT molecular complexity index is 286. The molecule has 14 heavy (non-hydrogen) atoms. The highest BCUT2D eigenvalue weighted by atomic mass is 32.1. The van der Waals surface area contributed by atoms with Gasteiger partial charge in [-0.05, 0) is 24.5 Å². The van der Waals surface area contributed by atoms with Crippen molar-refractivity contribution in [2.45, 2.75) is 12.8 Å². The van der Waals surface area contributed by atoms with E-state index in [1.807, 2.05) is 0 Å². The summed E-state index contributed by atoms with van der Waals surface area (Å²) in [4.78, 5) is 9.09. The van der Waals surface area contributed by atoms with E-state index in [9.17, 15) is 0 Å². The van der Waals surface area contributed by atoms with E-state index in [1.165, 1.54) is 24.1 Å². The molecule has 1 amide bonds. The van der Waals surface area contributed by atoms with Crippen molar-refractivity contribution >= 4 is 23.6 Å². The van der Waals surface area contributed by atoms with E-state index in [0.717, 1.165) is 6.54 Å². The second-order valence-electron chi connectivity index (χ2n) is 3.03. The van der Waals surface area contributed by atoms with Crippen LogP contribution in [0.2, 0.25) is 0 Å². The molecule has 1 heterocycles. The maximum atomic E-state index is 9.09. The number of aryl methyl sites for hydroxylation is 1. The minimum Gasteiger partial charge on any atom is -0.385 e. The highest BCUT2D eigenvalue weighted by Gasteiger charge is 2.04. The van der Waals surface area contributed by atoms with Gasteiger partial charge in [-0.1, -0.05) is 30.8 Å². The number of fused-ring (bicyclic) bond motifs is 1. The molecule has 0 aromatic heterocycles. The van der Waals surface area contributed by atoms with Gasteiger partial charge in [0.2, 0.25) is 0 Å². The van der Waals surface area contributed by atoms with Crippen LogP contribution in [0.25, 0.3) is 0 Å². The third-order valence-electron chi connectivity index (χ3n) is 1.96. The molecule has 76 valence electrons. The van der Waals surface area contributed by atoms with Crippen molar-refractivity contribution in [2.24, 2.45) is 5.73 Å². The summed E-state index contributed by atoms with van der Waals surface area (Å²) in [5, 5.41) is 2.72. The Morgan fingerprint density at radius 2 is 2.07 bits per heavy atom. The molecular formula is C10H14N2OS. The molecule has 4 heteroatoms. The van der Waals surface area contributed by atoms with Gasteiger partial charge >= 0.3 is 0 Å². The van der Waals surface area contributed by atoms with Gasteiger partial charge in [0.05, 0.1) is 0 Å². The summed E-state index contributed by atoms with van der Waals surface area (Å²) in [5.41, 5.74) is 7.13. The van der Waals surface area contributed by atoms with Crippen LogP contribution in [0.15, 0.2) is 24.3 Å². The Balaban J connectivity index is 0.000000213. The fraction of sp³-hybridized carbons (Fsp3) is 0.300. The number of carbonyl (C=O) groups is 1. The van der Waals surface area contributed by atoms with Crippen molar-refractivity contribution in [3.63, 3.8) is 0 Å². The third kappa shape index (κ3) is 3.70. The average molecular weight is 210 g/mol. The lowest BCUT2D eigenvalue weighted by Gasteiger charge is -2.16. The lowest BCUT2D eigenvalue weighted by atomic mass is 10.0. The number of nitrogens with two attached hydrogens (primary N) is 1. The molecule has 0 unspecified atom stereocenters. The van der Waals surface area contributed by atoms with E-state index in [2.05, 4.69) is 47.9 Å². The molecular weight excluding hydrogens is 196 g/mol. The van der Waals surface area contributed by atoms with Crippen molar-refractivity contribution in [1.29, 1.82) is 0 Å². The first-order valence-electron chi connectivity index (χ1n) is 4.50. The van der Waals surface area contributed by atoms with Gasteiger partial charge in [-0.15, -0.1) is 0 Å². The van der Waals surface area contributed by atoms with Crippen LogP contribution < -0.4 is 11.1 Å². The van der Waals surface area contributed by atoms with Crippen LogP contribution in [0.4, 0.5) is 10.5 Å². The molecule has 0 saturated heterocycles. The maximum absolute atomic E-state index is 9.09. The van der Waals surface area contributed by atoms with Crippen LogP contribution in [0, 0.1) is 0 Å². The SMILES string of the molecule is NC(=O)S.c1ccc2c(c1)CCCN2. The number of primary amides is 1.